The lowest BCUT2D eigenvalue weighted by Gasteiger charge is -2.23. The summed E-state index contributed by atoms with van der Waals surface area (Å²) in [6, 6.07) is 0. The van der Waals surface area contributed by atoms with Crippen molar-refractivity contribution in [3.63, 3.8) is 0 Å². The number of nitrogens with zero attached hydrogens (tertiary/aromatic N) is 2. The monoisotopic (exact) mass is 367 g/mol. The van der Waals surface area contributed by atoms with Gasteiger partial charge in [-0.05, 0) is 48.0 Å². The SMILES string of the molecule is CCCCC#CCN(C)/C(=N\C(=O)OC(C)(C)C)NC(=O)OC(C)(C)C. The summed E-state index contributed by atoms with van der Waals surface area (Å²) in [5.74, 6) is 6.07. The van der Waals surface area contributed by atoms with Gasteiger partial charge in [0.1, 0.15) is 11.2 Å². The number of unbranched alkanes of at least 4 members (excludes halogenated alkanes) is 2. The molecule has 0 aliphatic carbocycles. The summed E-state index contributed by atoms with van der Waals surface area (Å²) in [5, 5.41) is 2.49. The molecule has 0 fully saturated rings. The third-order valence-corrected chi connectivity index (χ3v) is 2.66. The Morgan fingerprint density at radius 3 is 2.12 bits per heavy atom. The van der Waals surface area contributed by atoms with E-state index in [9.17, 15) is 9.59 Å². The van der Waals surface area contributed by atoms with E-state index in [0.717, 1.165) is 19.3 Å². The number of ether oxygens (including phenoxy) is 2. The van der Waals surface area contributed by atoms with Crippen LogP contribution in [0.4, 0.5) is 9.59 Å². The summed E-state index contributed by atoms with van der Waals surface area (Å²) in [7, 11) is 1.68. The molecule has 0 saturated carbocycles. The molecule has 0 aliphatic rings. The molecule has 0 unspecified atom stereocenters. The average molecular weight is 367 g/mol. The molecule has 1 N–H and O–H groups in total. The lowest BCUT2D eigenvalue weighted by molar-refractivity contribution is 0.0556. The van der Waals surface area contributed by atoms with Gasteiger partial charge in [-0.25, -0.2) is 9.59 Å². The summed E-state index contributed by atoms with van der Waals surface area (Å²) in [4.78, 5) is 29.4. The molecular formula is C19H33N3O4. The van der Waals surface area contributed by atoms with E-state index in [0.29, 0.717) is 6.54 Å². The highest BCUT2D eigenvalue weighted by molar-refractivity contribution is 5.98. The fourth-order valence-electron chi connectivity index (χ4n) is 1.58. The summed E-state index contributed by atoms with van der Waals surface area (Å²) in [6.45, 7) is 12.9. The van der Waals surface area contributed by atoms with Crippen LogP contribution in [0.3, 0.4) is 0 Å². The Hall–Kier alpha value is -2.23. The molecule has 0 heterocycles. The van der Waals surface area contributed by atoms with Crippen molar-refractivity contribution in [2.45, 2.75) is 78.9 Å². The predicted molar refractivity (Wildman–Crippen MR) is 103 cm³/mol. The number of aliphatic imine (C=N–C) groups is 1. The first-order valence-corrected chi connectivity index (χ1v) is 8.82. The molecule has 26 heavy (non-hydrogen) atoms. The Morgan fingerprint density at radius 2 is 1.62 bits per heavy atom. The van der Waals surface area contributed by atoms with E-state index in [1.807, 2.05) is 0 Å². The number of amides is 2. The molecule has 2 amide bonds. The van der Waals surface area contributed by atoms with Crippen LogP contribution >= 0.6 is 0 Å². The number of alkyl carbamates (subject to hydrolysis) is 1. The molecule has 7 heteroatoms. The second kappa shape index (κ2) is 10.7. The molecule has 0 aliphatic heterocycles. The van der Waals surface area contributed by atoms with Crippen LogP contribution in [0, 0.1) is 11.8 Å². The van der Waals surface area contributed by atoms with Gasteiger partial charge in [-0.1, -0.05) is 19.3 Å². The van der Waals surface area contributed by atoms with Crippen molar-refractivity contribution in [2.24, 2.45) is 4.99 Å². The molecule has 0 spiro atoms. The molecule has 0 aromatic heterocycles. The quantitative estimate of drug-likeness (QED) is 0.354. The fourth-order valence-corrected chi connectivity index (χ4v) is 1.58. The van der Waals surface area contributed by atoms with E-state index in [2.05, 4.69) is 29.1 Å². The van der Waals surface area contributed by atoms with Crippen molar-refractivity contribution < 1.29 is 19.1 Å². The first-order valence-electron chi connectivity index (χ1n) is 8.82. The summed E-state index contributed by atoms with van der Waals surface area (Å²) in [6.07, 6.45) is 1.42. The van der Waals surface area contributed by atoms with Crippen LogP contribution in [0.1, 0.15) is 67.7 Å². The highest BCUT2D eigenvalue weighted by Crippen LogP contribution is 2.09. The highest BCUT2D eigenvalue weighted by atomic mass is 16.6. The van der Waals surface area contributed by atoms with Gasteiger partial charge in [0.2, 0.25) is 5.96 Å². The molecule has 0 bridgehead atoms. The first-order chi connectivity index (χ1) is 11.8. The van der Waals surface area contributed by atoms with Crippen LogP contribution < -0.4 is 5.32 Å². The predicted octanol–water partition coefficient (Wildman–Crippen LogP) is 3.93. The largest absolute Gasteiger partial charge is 0.444 e. The van der Waals surface area contributed by atoms with Gasteiger partial charge >= 0.3 is 12.2 Å². The van der Waals surface area contributed by atoms with Crippen LogP contribution in [-0.4, -0.2) is 47.8 Å². The maximum Gasteiger partial charge on any atom is 0.437 e. The Labute approximate surface area is 157 Å². The number of guanidine groups is 1. The zero-order valence-corrected chi connectivity index (χ0v) is 17.4. The third kappa shape index (κ3) is 13.1. The van der Waals surface area contributed by atoms with Crippen LogP contribution in [0.15, 0.2) is 4.99 Å². The third-order valence-electron chi connectivity index (χ3n) is 2.66. The van der Waals surface area contributed by atoms with Crippen molar-refractivity contribution in [1.82, 2.24) is 10.2 Å². The zero-order chi connectivity index (χ0) is 20.4. The van der Waals surface area contributed by atoms with Gasteiger partial charge in [-0.15, -0.1) is 10.9 Å². The molecule has 148 valence electrons. The minimum Gasteiger partial charge on any atom is -0.444 e. The standard InChI is InChI=1S/C19H33N3O4/c1-9-10-11-12-13-14-22(8)15(20-16(23)25-18(2,3)4)21-17(24)26-19(5,6)7/h9-11,14H2,1-8H3,(H,20,21,23,24). The molecule has 0 saturated heterocycles. The van der Waals surface area contributed by atoms with Gasteiger partial charge in [-0.3, -0.25) is 5.32 Å². The van der Waals surface area contributed by atoms with Gasteiger partial charge in [-0.2, -0.15) is 0 Å². The average Bonchev–Trinajstić information content (AvgIpc) is 2.42. The van der Waals surface area contributed by atoms with Gasteiger partial charge in [0.15, 0.2) is 0 Å². The summed E-state index contributed by atoms with van der Waals surface area (Å²) < 4.78 is 10.4. The lowest BCUT2D eigenvalue weighted by Crippen LogP contribution is -2.45. The van der Waals surface area contributed by atoms with Gasteiger partial charge in [0.05, 0.1) is 6.54 Å². The van der Waals surface area contributed by atoms with Crippen molar-refractivity contribution in [3.05, 3.63) is 0 Å². The highest BCUT2D eigenvalue weighted by Gasteiger charge is 2.21. The number of nitrogens with one attached hydrogen (secondary N) is 1. The van der Waals surface area contributed by atoms with Crippen LogP contribution in [0.2, 0.25) is 0 Å². The van der Waals surface area contributed by atoms with Crippen LogP contribution in [0.25, 0.3) is 0 Å². The van der Waals surface area contributed by atoms with Gasteiger partial charge in [0.25, 0.3) is 0 Å². The summed E-state index contributed by atoms with van der Waals surface area (Å²) >= 11 is 0. The molecule has 0 aromatic carbocycles. The van der Waals surface area contributed by atoms with Gasteiger partial charge < -0.3 is 14.4 Å². The number of carbonyl (C=O) groups excluding carboxylic acids is 2. The van der Waals surface area contributed by atoms with E-state index < -0.39 is 23.4 Å². The van der Waals surface area contributed by atoms with Gasteiger partial charge in [0, 0.05) is 13.5 Å². The van der Waals surface area contributed by atoms with Crippen LogP contribution in [0.5, 0.6) is 0 Å². The van der Waals surface area contributed by atoms with E-state index in [-0.39, 0.29) is 5.96 Å². The van der Waals surface area contributed by atoms with Crippen molar-refractivity contribution in [3.8, 4) is 11.8 Å². The summed E-state index contributed by atoms with van der Waals surface area (Å²) in [5.41, 5.74) is -1.35. The van der Waals surface area contributed by atoms with E-state index >= 15 is 0 Å². The maximum absolute atomic E-state index is 12.0. The minimum atomic E-state index is -0.797. The number of carbonyl (C=O) groups is 2. The normalized spacial score (nSPS) is 11.9. The topological polar surface area (TPSA) is 80.2 Å². The minimum absolute atomic E-state index is 0.0262. The van der Waals surface area contributed by atoms with Crippen molar-refractivity contribution in [2.75, 3.05) is 13.6 Å². The molecular weight excluding hydrogens is 334 g/mol. The van der Waals surface area contributed by atoms with E-state index in [4.69, 9.17) is 9.47 Å². The fraction of sp³-hybridized carbons (Fsp3) is 0.737. The smallest absolute Gasteiger partial charge is 0.437 e. The Kier molecular flexibility index (Phi) is 9.77. The molecule has 0 aromatic rings. The number of rotatable bonds is 3. The molecule has 0 atom stereocenters. The maximum atomic E-state index is 12.0. The molecule has 7 nitrogen and oxygen atoms in total. The molecule has 0 radical (unpaired) electrons. The Bertz CT molecular complexity index is 560. The number of hydrogen-bond donors (Lipinski definition) is 1. The Balaban J connectivity index is 5.16. The van der Waals surface area contributed by atoms with Crippen molar-refractivity contribution >= 4 is 18.1 Å². The molecule has 0 rings (SSSR count). The lowest BCUT2D eigenvalue weighted by atomic mass is 10.2. The second-order valence-corrected chi connectivity index (χ2v) is 7.86. The zero-order valence-electron chi connectivity index (χ0n) is 17.4. The van der Waals surface area contributed by atoms with E-state index in [1.165, 1.54) is 0 Å². The van der Waals surface area contributed by atoms with Crippen molar-refractivity contribution in [1.29, 1.82) is 0 Å². The Morgan fingerprint density at radius 1 is 1.04 bits per heavy atom. The number of hydrogen-bond acceptors (Lipinski definition) is 4. The van der Waals surface area contributed by atoms with E-state index in [1.54, 1.807) is 53.5 Å². The second-order valence-electron chi connectivity index (χ2n) is 7.86. The first kappa shape index (κ1) is 23.8. The van der Waals surface area contributed by atoms with Crippen LogP contribution in [-0.2, 0) is 9.47 Å².